The molecular formula is C13H15I3N2O2. The average Bonchev–Trinajstić information content (AvgIpc) is 2.68. The van der Waals surface area contributed by atoms with Crippen LogP contribution in [0.2, 0.25) is 0 Å². The topological polar surface area (TPSA) is 43.0 Å². The van der Waals surface area contributed by atoms with Gasteiger partial charge in [0, 0.05) is 0 Å². The van der Waals surface area contributed by atoms with Crippen LogP contribution in [0.4, 0.5) is 0 Å². The fourth-order valence-electron chi connectivity index (χ4n) is 1.97. The van der Waals surface area contributed by atoms with Gasteiger partial charge in [0.2, 0.25) is 6.33 Å². The van der Waals surface area contributed by atoms with E-state index in [1.165, 1.54) is 0 Å². The first-order valence-electron chi connectivity index (χ1n) is 5.82. The van der Waals surface area contributed by atoms with Crippen LogP contribution in [0.1, 0.15) is 13.8 Å². The molecule has 0 radical (unpaired) electrons. The third-order valence-electron chi connectivity index (χ3n) is 2.57. The molecule has 0 aliphatic carbocycles. The van der Waals surface area contributed by atoms with Gasteiger partial charge in [0.15, 0.2) is 22.6 Å². The molecular weight excluding hydrogens is 597 g/mol. The summed E-state index contributed by atoms with van der Waals surface area (Å²) < 4.78 is 3.75. The van der Waals surface area contributed by atoms with Crippen LogP contribution in [-0.4, -0.2) is 16.1 Å². The fraction of sp³-hybridized carbons (Fsp3) is 0.308. The number of hydrogen-bond acceptors (Lipinski definition) is 2. The van der Waals surface area contributed by atoms with Crippen molar-refractivity contribution in [3.8, 4) is 0 Å². The maximum atomic E-state index is 11.2. The van der Waals surface area contributed by atoms with Crippen LogP contribution < -0.4 is 17.8 Å². The van der Waals surface area contributed by atoms with Crippen molar-refractivity contribution in [3.05, 3.63) is 30.6 Å². The van der Waals surface area contributed by atoms with Gasteiger partial charge in [-0.2, -0.15) is 0 Å². The summed E-state index contributed by atoms with van der Waals surface area (Å²) in [5.74, 6) is 0.196. The van der Waals surface area contributed by atoms with E-state index in [0.29, 0.717) is 26.3 Å². The molecule has 0 unspecified atom stereocenters. The number of imidazole rings is 1. The third kappa shape index (κ3) is 5.54. The monoisotopic (exact) mass is 612 g/mol. The first-order valence-corrected chi connectivity index (χ1v) is 18.4. The van der Waals surface area contributed by atoms with Crippen molar-refractivity contribution in [2.75, 3.05) is 0 Å². The normalized spacial score (nSPS) is 10.2. The van der Waals surface area contributed by atoms with Crippen molar-refractivity contribution >= 4 is 59.8 Å². The molecule has 0 N–H and O–H groups in total. The molecule has 1 aromatic heterocycles. The second kappa shape index (κ2) is 9.28. The van der Waals surface area contributed by atoms with E-state index >= 15 is 0 Å². The summed E-state index contributed by atoms with van der Waals surface area (Å²) in [4.78, 5) is 22.4. The Bertz CT molecular complexity index is 561. The first-order chi connectivity index (χ1) is 9.49. The number of carbonyl (C=O) groups is 2. The van der Waals surface area contributed by atoms with E-state index in [-0.39, 0.29) is 11.6 Å². The van der Waals surface area contributed by atoms with E-state index in [2.05, 4.69) is 37.2 Å². The Morgan fingerprint density at radius 2 is 1.80 bits per heavy atom. The number of benzene rings is 1. The predicted molar refractivity (Wildman–Crippen MR) is 91.5 cm³/mol. The summed E-state index contributed by atoms with van der Waals surface area (Å²) in [5.41, 5.74) is 1.95. The zero-order valence-corrected chi connectivity index (χ0v) is 17.6. The first kappa shape index (κ1) is 18.3. The van der Waals surface area contributed by atoms with E-state index in [4.69, 9.17) is 0 Å². The van der Waals surface area contributed by atoms with Gasteiger partial charge < -0.3 is 0 Å². The number of rotatable bonds is 4. The van der Waals surface area contributed by atoms with Crippen molar-refractivity contribution in [2.24, 2.45) is 0 Å². The standard InChI is InChI=1S/C13H15N2O2.I3/c1-10(16)7-14-9-15(8-11(2)17)13-6-4-3-5-12(13)14;1-3-2/h3-6,9H,7-8H2,1-2H3;/q+1;-1. The van der Waals surface area contributed by atoms with Gasteiger partial charge in [0.05, 0.1) is 0 Å². The van der Waals surface area contributed by atoms with Crippen LogP contribution in [-0.2, 0) is 22.7 Å². The minimum absolute atomic E-state index is 0.0979. The van der Waals surface area contributed by atoms with Crippen molar-refractivity contribution in [1.29, 1.82) is 0 Å². The molecule has 0 spiro atoms. The van der Waals surface area contributed by atoms with E-state index < -0.39 is 0 Å². The summed E-state index contributed by atoms with van der Waals surface area (Å²) >= 11 is 5.30. The van der Waals surface area contributed by atoms with Crippen LogP contribution in [0.3, 0.4) is 0 Å². The van der Waals surface area contributed by atoms with Gasteiger partial charge in [-0.15, -0.1) is 0 Å². The molecule has 7 heteroatoms. The van der Waals surface area contributed by atoms with E-state index in [1.54, 1.807) is 13.8 Å². The second-order valence-electron chi connectivity index (χ2n) is 4.32. The Morgan fingerprint density at radius 1 is 1.20 bits per heavy atom. The van der Waals surface area contributed by atoms with Crippen LogP contribution in [0, 0.1) is 0 Å². The molecule has 2 aromatic rings. The molecule has 0 aliphatic rings. The molecule has 0 atom stereocenters. The third-order valence-corrected chi connectivity index (χ3v) is 2.57. The summed E-state index contributed by atoms with van der Waals surface area (Å²) in [6.45, 7) is 3.80. The molecule has 1 aromatic carbocycles. The maximum absolute atomic E-state index is 11.2. The quantitative estimate of drug-likeness (QED) is 0.358. The molecule has 0 bridgehead atoms. The van der Waals surface area contributed by atoms with Gasteiger partial charge >= 0.3 is 50.5 Å². The number of aromatic nitrogens is 2. The fourth-order valence-corrected chi connectivity index (χ4v) is 1.97. The zero-order valence-electron chi connectivity index (χ0n) is 11.1. The second-order valence-corrected chi connectivity index (χ2v) is 20.6. The molecule has 0 aliphatic heterocycles. The average molecular weight is 612 g/mol. The predicted octanol–water partition coefficient (Wildman–Crippen LogP) is -0.118. The van der Waals surface area contributed by atoms with E-state index in [9.17, 15) is 9.59 Å². The van der Waals surface area contributed by atoms with Crippen LogP contribution in [0.5, 0.6) is 0 Å². The molecule has 2 rings (SSSR count). The van der Waals surface area contributed by atoms with Gasteiger partial charge in [-0.3, -0.25) is 9.59 Å². The molecule has 4 nitrogen and oxygen atoms in total. The van der Waals surface area contributed by atoms with Gasteiger partial charge in [0.25, 0.3) is 0 Å². The number of para-hydroxylation sites is 2. The number of fused-ring (bicyclic) bond motifs is 1. The molecule has 0 saturated heterocycles. The van der Waals surface area contributed by atoms with Crippen molar-refractivity contribution in [3.63, 3.8) is 0 Å². The van der Waals surface area contributed by atoms with E-state index in [1.807, 2.05) is 39.7 Å². The number of halogens is 3. The zero-order chi connectivity index (χ0) is 15.1. The van der Waals surface area contributed by atoms with Crippen molar-refractivity contribution in [2.45, 2.75) is 26.9 Å². The summed E-state index contributed by atoms with van der Waals surface area (Å²) in [6.07, 6.45) is 1.83. The molecule has 1 heterocycles. The molecule has 0 fully saturated rings. The minimum atomic E-state index is 0.0979. The summed E-state index contributed by atoms with van der Waals surface area (Å²) in [6, 6.07) is 7.76. The van der Waals surface area contributed by atoms with Crippen LogP contribution in [0.25, 0.3) is 11.0 Å². The SMILES string of the molecule is CC(=O)Cn1c[n+](CC(C)=O)c2ccccc21.I[I-]I. The summed E-state index contributed by atoms with van der Waals surface area (Å²) in [7, 11) is 0. The Hall–Kier alpha value is 0.220. The van der Waals surface area contributed by atoms with E-state index in [0.717, 1.165) is 11.0 Å². The Labute approximate surface area is 147 Å². The van der Waals surface area contributed by atoms with Crippen molar-refractivity contribution in [1.82, 2.24) is 4.57 Å². The number of nitrogens with zero attached hydrogens (tertiary/aromatic N) is 2. The molecule has 0 saturated carbocycles. The summed E-state index contributed by atoms with van der Waals surface area (Å²) in [5, 5.41) is 0. The number of ketones is 2. The van der Waals surface area contributed by atoms with Gasteiger partial charge in [-0.05, 0) is 26.0 Å². The Kier molecular flexibility index (Phi) is 8.48. The number of carbonyl (C=O) groups excluding carboxylic acids is 2. The van der Waals surface area contributed by atoms with Gasteiger partial charge in [0.1, 0.15) is 13.1 Å². The number of Topliss-reactive ketones (excluding diaryl/α,β-unsaturated/α-hetero) is 2. The van der Waals surface area contributed by atoms with Gasteiger partial charge in [-0.1, -0.05) is 12.1 Å². The molecule has 20 heavy (non-hydrogen) atoms. The Balaban J connectivity index is 0.000000612. The van der Waals surface area contributed by atoms with Crippen LogP contribution >= 0.6 is 37.2 Å². The van der Waals surface area contributed by atoms with Crippen LogP contribution in [0.15, 0.2) is 30.6 Å². The van der Waals surface area contributed by atoms with Crippen molar-refractivity contribution < 1.29 is 27.4 Å². The Morgan fingerprint density at radius 3 is 2.35 bits per heavy atom. The molecule has 0 amide bonds. The number of hydrogen-bond donors (Lipinski definition) is 0. The molecule has 110 valence electrons. The van der Waals surface area contributed by atoms with Gasteiger partial charge in [-0.25, -0.2) is 9.13 Å².